The summed E-state index contributed by atoms with van der Waals surface area (Å²) >= 11 is 0. The molecule has 0 N–H and O–H groups in total. The van der Waals surface area contributed by atoms with Crippen LogP contribution in [0.2, 0.25) is 0 Å². The minimum Gasteiger partial charge on any atom is -0.456 e. The molecule has 0 radical (unpaired) electrons. The molecule has 0 saturated heterocycles. The van der Waals surface area contributed by atoms with Crippen molar-refractivity contribution in [1.82, 2.24) is 0 Å². The molecule has 3 heteroatoms. The number of ether oxygens (including phenoxy) is 1. The third-order valence-corrected chi connectivity index (χ3v) is 6.67. The van der Waals surface area contributed by atoms with Gasteiger partial charge in [0.2, 0.25) is 0 Å². The van der Waals surface area contributed by atoms with Gasteiger partial charge in [0.05, 0.1) is 0 Å². The van der Waals surface area contributed by atoms with Crippen LogP contribution < -0.4 is 0 Å². The molecule has 0 aromatic heterocycles. The number of carbonyl (C=O) groups excluding carboxylic acids is 2. The van der Waals surface area contributed by atoms with Crippen molar-refractivity contribution in [2.75, 3.05) is 0 Å². The summed E-state index contributed by atoms with van der Waals surface area (Å²) in [5.74, 6) is -0.631. The number of aryl methyl sites for hydroxylation is 1. The lowest BCUT2D eigenvalue weighted by Crippen LogP contribution is -2.44. The second-order valence-corrected chi connectivity index (χ2v) is 9.35. The Labute approximate surface area is 186 Å². The molecule has 31 heavy (non-hydrogen) atoms. The minimum atomic E-state index is -0.732. The molecular formula is C28H34O3. The van der Waals surface area contributed by atoms with Crippen molar-refractivity contribution >= 4 is 11.8 Å². The molecule has 2 aromatic carbocycles. The van der Waals surface area contributed by atoms with Gasteiger partial charge in [-0.25, -0.2) is 4.79 Å². The minimum absolute atomic E-state index is 0.138. The van der Waals surface area contributed by atoms with E-state index in [2.05, 4.69) is 45.0 Å². The summed E-state index contributed by atoms with van der Waals surface area (Å²) in [6.45, 7) is 6.63. The first-order valence-corrected chi connectivity index (χ1v) is 11.4. The summed E-state index contributed by atoms with van der Waals surface area (Å²) in [5.41, 5.74) is 2.31. The Hall–Kier alpha value is -2.68. The van der Waals surface area contributed by atoms with E-state index in [0.717, 1.165) is 25.7 Å². The van der Waals surface area contributed by atoms with E-state index in [1.54, 1.807) is 6.08 Å². The number of ketones is 1. The van der Waals surface area contributed by atoms with Crippen LogP contribution in [0.1, 0.15) is 57.6 Å². The maximum atomic E-state index is 12.6. The Morgan fingerprint density at radius 2 is 1.65 bits per heavy atom. The molecule has 0 amide bonds. The standard InChI is InChI=1S/C28H34O3/c1-21-18-19-24(28(2,3)23-15-8-5-9-16-23)26(20-21)31-27(30)25(29)17-11-10-14-22-12-6-4-7-13-22/h4-9,11-13,15-17,21,24,26H,10,14,18-20H2,1-3H3. The molecule has 0 bridgehead atoms. The average Bonchev–Trinajstić information content (AvgIpc) is 2.77. The number of allylic oxidation sites excluding steroid dienone is 1. The number of esters is 1. The molecule has 0 spiro atoms. The van der Waals surface area contributed by atoms with Gasteiger partial charge < -0.3 is 4.74 Å². The summed E-state index contributed by atoms with van der Waals surface area (Å²) in [7, 11) is 0. The normalized spacial score (nSPS) is 21.7. The lowest BCUT2D eigenvalue weighted by atomic mass is 9.64. The Morgan fingerprint density at radius 1 is 1.00 bits per heavy atom. The van der Waals surface area contributed by atoms with Crippen molar-refractivity contribution < 1.29 is 14.3 Å². The summed E-state index contributed by atoms with van der Waals surface area (Å²) in [4.78, 5) is 24.9. The fraction of sp³-hybridized carbons (Fsp3) is 0.429. The smallest absolute Gasteiger partial charge is 0.379 e. The van der Waals surface area contributed by atoms with Crippen LogP contribution in [0.25, 0.3) is 0 Å². The molecule has 3 nitrogen and oxygen atoms in total. The summed E-state index contributed by atoms with van der Waals surface area (Å²) in [6.07, 6.45) is 7.36. The van der Waals surface area contributed by atoms with Crippen LogP contribution in [0.15, 0.2) is 72.8 Å². The average molecular weight is 419 g/mol. The molecule has 1 fully saturated rings. The van der Waals surface area contributed by atoms with Crippen LogP contribution in [-0.2, 0) is 26.2 Å². The molecule has 1 aliphatic rings. The number of carbonyl (C=O) groups is 2. The van der Waals surface area contributed by atoms with Crippen LogP contribution in [0, 0.1) is 11.8 Å². The van der Waals surface area contributed by atoms with Crippen molar-refractivity contribution in [3.8, 4) is 0 Å². The predicted octanol–water partition coefficient (Wildman–Crippen LogP) is 6.07. The number of hydrogen-bond donors (Lipinski definition) is 0. The van der Waals surface area contributed by atoms with Gasteiger partial charge >= 0.3 is 5.97 Å². The Kier molecular flexibility index (Phi) is 7.84. The predicted molar refractivity (Wildman–Crippen MR) is 125 cm³/mol. The van der Waals surface area contributed by atoms with Gasteiger partial charge in [0.25, 0.3) is 5.78 Å². The monoisotopic (exact) mass is 418 g/mol. The lowest BCUT2D eigenvalue weighted by Gasteiger charge is -2.43. The highest BCUT2D eigenvalue weighted by Gasteiger charge is 2.42. The van der Waals surface area contributed by atoms with Gasteiger partial charge in [-0.1, -0.05) is 93.9 Å². The Bertz CT molecular complexity index is 883. The van der Waals surface area contributed by atoms with E-state index in [4.69, 9.17) is 4.74 Å². The second-order valence-electron chi connectivity index (χ2n) is 9.35. The first kappa shape index (κ1) is 23.0. The zero-order valence-electron chi connectivity index (χ0n) is 18.9. The number of hydrogen-bond acceptors (Lipinski definition) is 3. The summed E-state index contributed by atoms with van der Waals surface area (Å²) in [6, 6.07) is 20.5. The molecule has 3 unspecified atom stereocenters. The molecule has 3 atom stereocenters. The van der Waals surface area contributed by atoms with Gasteiger partial charge in [-0.2, -0.15) is 0 Å². The zero-order chi connectivity index (χ0) is 22.3. The highest BCUT2D eigenvalue weighted by Crippen LogP contribution is 2.43. The van der Waals surface area contributed by atoms with E-state index in [0.29, 0.717) is 12.3 Å². The molecule has 0 heterocycles. The van der Waals surface area contributed by atoms with Gasteiger partial charge in [0.1, 0.15) is 6.10 Å². The van der Waals surface area contributed by atoms with Gasteiger partial charge in [-0.15, -0.1) is 0 Å². The quantitative estimate of drug-likeness (QED) is 0.297. The maximum absolute atomic E-state index is 12.6. The Balaban J connectivity index is 1.61. The van der Waals surface area contributed by atoms with Crippen LogP contribution in [0.4, 0.5) is 0 Å². The molecule has 1 aliphatic carbocycles. The van der Waals surface area contributed by atoms with Crippen LogP contribution in [0.5, 0.6) is 0 Å². The molecule has 164 valence electrons. The van der Waals surface area contributed by atoms with Crippen LogP contribution >= 0.6 is 0 Å². The number of rotatable bonds is 8. The summed E-state index contributed by atoms with van der Waals surface area (Å²) < 4.78 is 5.82. The SMILES string of the molecule is CC1CCC(C(C)(C)c2ccccc2)C(OC(=O)C(=O)C=CCCc2ccccc2)C1. The fourth-order valence-corrected chi connectivity index (χ4v) is 4.71. The van der Waals surface area contributed by atoms with Crippen LogP contribution in [0.3, 0.4) is 0 Å². The highest BCUT2D eigenvalue weighted by atomic mass is 16.5. The Morgan fingerprint density at radius 3 is 2.32 bits per heavy atom. The summed E-state index contributed by atoms with van der Waals surface area (Å²) in [5, 5.41) is 0. The third kappa shape index (κ3) is 6.16. The largest absolute Gasteiger partial charge is 0.456 e. The molecule has 0 aliphatic heterocycles. The van der Waals surface area contributed by atoms with Gasteiger partial charge in [0, 0.05) is 5.92 Å². The zero-order valence-corrected chi connectivity index (χ0v) is 18.9. The van der Waals surface area contributed by atoms with E-state index in [-0.39, 0.29) is 17.4 Å². The second kappa shape index (κ2) is 10.6. The van der Waals surface area contributed by atoms with Gasteiger partial charge in [-0.05, 0) is 54.2 Å². The van der Waals surface area contributed by atoms with Crippen molar-refractivity contribution in [2.24, 2.45) is 11.8 Å². The van der Waals surface area contributed by atoms with Crippen LogP contribution in [-0.4, -0.2) is 17.9 Å². The van der Waals surface area contributed by atoms with E-state index in [9.17, 15) is 9.59 Å². The first-order chi connectivity index (χ1) is 14.9. The fourth-order valence-electron chi connectivity index (χ4n) is 4.71. The van der Waals surface area contributed by atoms with Gasteiger partial charge in [0.15, 0.2) is 0 Å². The van der Waals surface area contributed by atoms with Crippen molar-refractivity contribution in [2.45, 2.75) is 64.4 Å². The van der Waals surface area contributed by atoms with Gasteiger partial charge in [-0.3, -0.25) is 4.79 Å². The topological polar surface area (TPSA) is 43.4 Å². The molecule has 3 rings (SSSR count). The van der Waals surface area contributed by atoms with Crippen molar-refractivity contribution in [3.05, 3.63) is 83.9 Å². The lowest BCUT2D eigenvalue weighted by molar-refractivity contribution is -0.161. The number of benzene rings is 2. The van der Waals surface area contributed by atoms with E-state index < -0.39 is 11.8 Å². The van der Waals surface area contributed by atoms with Crippen molar-refractivity contribution in [1.29, 1.82) is 0 Å². The molecule has 2 aromatic rings. The molecular weight excluding hydrogens is 384 g/mol. The van der Waals surface area contributed by atoms with Crippen molar-refractivity contribution in [3.63, 3.8) is 0 Å². The third-order valence-electron chi connectivity index (χ3n) is 6.67. The highest BCUT2D eigenvalue weighted by molar-refractivity contribution is 6.38. The van der Waals surface area contributed by atoms with E-state index >= 15 is 0 Å². The van der Waals surface area contributed by atoms with E-state index in [1.807, 2.05) is 36.4 Å². The molecule has 1 saturated carbocycles. The van der Waals surface area contributed by atoms with E-state index in [1.165, 1.54) is 17.2 Å². The first-order valence-electron chi connectivity index (χ1n) is 11.4. The maximum Gasteiger partial charge on any atom is 0.379 e.